The van der Waals surface area contributed by atoms with Crippen molar-refractivity contribution in [3.8, 4) is 0 Å². The molecule has 0 amide bonds. The molecule has 0 N–H and O–H groups in total. The minimum atomic E-state index is 0. The van der Waals surface area contributed by atoms with E-state index in [1.54, 1.807) is 0 Å². The second kappa shape index (κ2) is 26.5. The quantitative estimate of drug-likeness (QED) is 0.268. The van der Waals surface area contributed by atoms with E-state index in [1.807, 2.05) is 0 Å². The van der Waals surface area contributed by atoms with E-state index in [9.17, 15) is 0 Å². The fourth-order valence-corrected chi connectivity index (χ4v) is 0. The maximum atomic E-state index is 2.50. The summed E-state index contributed by atoms with van der Waals surface area (Å²) in [6.45, 7) is 0. The van der Waals surface area contributed by atoms with E-state index in [4.69, 9.17) is 0 Å². The normalized spacial score (nSPS) is 0.800. The summed E-state index contributed by atoms with van der Waals surface area (Å²) in [6.07, 6.45) is 0. The van der Waals surface area contributed by atoms with Crippen LogP contribution in [0.15, 0.2) is 0 Å². The van der Waals surface area contributed by atoms with E-state index in [0.717, 1.165) is 0 Å². The van der Waals surface area contributed by atoms with E-state index >= 15 is 0 Å². The first-order chi connectivity index (χ1) is 1.00. The molecule has 0 fully saturated rings. The summed E-state index contributed by atoms with van der Waals surface area (Å²) in [5, 5.41) is 0. The van der Waals surface area contributed by atoms with Gasteiger partial charge in [0.25, 0.3) is 0 Å². The third-order valence-corrected chi connectivity index (χ3v) is 0. The molecule has 0 bridgehead atoms. The van der Waals surface area contributed by atoms with Crippen molar-refractivity contribution in [2.24, 2.45) is 0 Å². The fourth-order valence-electron chi connectivity index (χ4n) is 0. The Morgan fingerprint density at radius 3 is 0.800 bits per heavy atom. The van der Waals surface area contributed by atoms with Gasteiger partial charge in [-0.15, -0.1) is 0 Å². The molecule has 0 atom stereocenters. The third kappa shape index (κ3) is 18.8. The predicted molar refractivity (Wildman–Crippen MR) is 28.8 cm³/mol. The van der Waals surface area contributed by atoms with Crippen LogP contribution in [0.1, 0.15) is 0 Å². The van der Waals surface area contributed by atoms with E-state index in [0.29, 0.717) is 0 Å². The Hall–Kier alpha value is 3.32. The molecule has 0 unspecified atom stereocenters. The molecule has 0 heterocycles. The molecule has 8 radical (unpaired) electrons. The zero-order chi connectivity index (χ0) is 2.00. The summed E-state index contributed by atoms with van der Waals surface area (Å²) in [4.78, 5) is 0. The average Bonchev–Trinajstić information content (AvgIpc) is 1.00. The van der Waals surface area contributed by atoms with Gasteiger partial charge in [-0.05, 0) is 0 Å². The second-order valence-electron chi connectivity index (χ2n) is 0. The Bertz CT molecular complexity index is 4.85. The van der Waals surface area contributed by atoms with Crippen LogP contribution >= 0.6 is 0 Å². The summed E-state index contributed by atoms with van der Waals surface area (Å²) < 4.78 is 0. The van der Waals surface area contributed by atoms with Crippen molar-refractivity contribution in [2.75, 3.05) is 0 Å². The van der Waals surface area contributed by atoms with Crippen molar-refractivity contribution >= 4 is 96.8 Å². The van der Waals surface area contributed by atoms with E-state index in [2.05, 4.69) is 27.3 Å². The summed E-state index contributed by atoms with van der Waals surface area (Å²) in [6, 6.07) is 0. The van der Waals surface area contributed by atoms with Crippen LogP contribution in [-0.4, -0.2) is 96.8 Å². The van der Waals surface area contributed by atoms with Gasteiger partial charge in [0.1, 0.15) is 0 Å². The van der Waals surface area contributed by atoms with Crippen LogP contribution in [0.2, 0.25) is 0 Å². The molecule has 0 rings (SSSR count). The van der Waals surface area contributed by atoms with Crippen molar-refractivity contribution in [3.63, 3.8) is 0 Å². The Labute approximate surface area is 94.8 Å². The first-order valence-corrected chi connectivity index (χ1v) is 4.50. The molecule has 5 heavy (non-hydrogen) atoms. The van der Waals surface area contributed by atoms with Gasteiger partial charge in [-0.1, -0.05) is 0 Å². The SMILES string of the molecule is [Bi].[Bi].[Se].[Se]=[Se]. The van der Waals surface area contributed by atoms with Crippen molar-refractivity contribution < 1.29 is 0 Å². The molecule has 0 aromatic carbocycles. The molecule has 0 aliphatic heterocycles. The van der Waals surface area contributed by atoms with Crippen LogP contribution in [-0.2, 0) is 0 Å². The van der Waals surface area contributed by atoms with Crippen molar-refractivity contribution in [1.29, 1.82) is 0 Å². The first kappa shape index (κ1) is 23.9. The summed E-state index contributed by atoms with van der Waals surface area (Å²) >= 11 is 5.00. The van der Waals surface area contributed by atoms with Gasteiger partial charge in [-0.3, -0.25) is 0 Å². The van der Waals surface area contributed by atoms with E-state index in [-0.39, 0.29) is 69.5 Å². The molecular formula is Bi2Se3. The van der Waals surface area contributed by atoms with Gasteiger partial charge >= 0.3 is 27.3 Å². The molecule has 0 saturated carbocycles. The van der Waals surface area contributed by atoms with Gasteiger partial charge in [-0.2, -0.15) is 0 Å². The molecule has 5 heteroatoms. The maximum absolute atomic E-state index is 2.50. The van der Waals surface area contributed by atoms with Gasteiger partial charge in [0.15, 0.2) is 0 Å². The molecule has 28 valence electrons. The van der Waals surface area contributed by atoms with Crippen molar-refractivity contribution in [2.45, 2.75) is 0 Å². The van der Waals surface area contributed by atoms with Gasteiger partial charge < -0.3 is 0 Å². The Balaban J connectivity index is -0.00000000167. The zero-order valence-electron chi connectivity index (χ0n) is 2.12. The molecule has 0 aromatic heterocycles. The van der Waals surface area contributed by atoms with Gasteiger partial charge in [0, 0.05) is 69.5 Å². The molecule has 0 saturated heterocycles. The fraction of sp³-hybridized carbons (Fsp3) is 0. The number of hydrogen-bond donors (Lipinski definition) is 0. The molecular weight excluding hydrogens is 655 g/mol. The monoisotopic (exact) mass is 658 g/mol. The first-order valence-electron chi connectivity index (χ1n) is 0.167. The van der Waals surface area contributed by atoms with Gasteiger partial charge in [0.05, 0.1) is 0 Å². The summed E-state index contributed by atoms with van der Waals surface area (Å²) in [5.41, 5.74) is 0. The Morgan fingerprint density at radius 2 is 0.800 bits per heavy atom. The molecule has 0 spiro atoms. The van der Waals surface area contributed by atoms with Crippen LogP contribution < -0.4 is 0 Å². The molecule has 0 aliphatic rings. The Kier molecular flexibility index (Phi) is 127. The van der Waals surface area contributed by atoms with Crippen molar-refractivity contribution in [1.82, 2.24) is 0 Å². The summed E-state index contributed by atoms with van der Waals surface area (Å²) in [5.74, 6) is 0. The van der Waals surface area contributed by atoms with Crippen molar-refractivity contribution in [3.05, 3.63) is 0 Å². The second-order valence-corrected chi connectivity index (χ2v) is 0. The molecule has 0 aromatic rings. The van der Waals surface area contributed by atoms with Gasteiger partial charge in [0.2, 0.25) is 0 Å². The number of rotatable bonds is 0. The van der Waals surface area contributed by atoms with Gasteiger partial charge in [-0.25, -0.2) is 0 Å². The average molecular weight is 655 g/mol. The van der Waals surface area contributed by atoms with Crippen LogP contribution in [0.25, 0.3) is 0 Å². The molecule has 0 nitrogen and oxygen atoms in total. The van der Waals surface area contributed by atoms with E-state index in [1.165, 1.54) is 0 Å². The van der Waals surface area contributed by atoms with Crippen LogP contribution in [0.5, 0.6) is 0 Å². The topological polar surface area (TPSA) is 0 Å². The summed E-state index contributed by atoms with van der Waals surface area (Å²) in [7, 11) is 0. The van der Waals surface area contributed by atoms with Crippen LogP contribution in [0.4, 0.5) is 0 Å². The molecule has 0 aliphatic carbocycles. The van der Waals surface area contributed by atoms with Crippen LogP contribution in [0.3, 0.4) is 0 Å². The Morgan fingerprint density at radius 1 is 0.800 bits per heavy atom. The standard InChI is InChI=1S/2Bi.Se2.Se/c;;1-2;. The van der Waals surface area contributed by atoms with Crippen LogP contribution in [0, 0.1) is 0 Å². The third-order valence-electron chi connectivity index (χ3n) is 0. The minimum absolute atomic E-state index is 0. The zero-order valence-corrected chi connectivity index (χ0v) is 14.2. The predicted octanol–water partition coefficient (Wildman–Crippen LogP) is -1.90. The van der Waals surface area contributed by atoms with E-state index < -0.39 is 0 Å². The number of hydrogen-bond acceptors (Lipinski definition) is 0.